The second kappa shape index (κ2) is 6.91. The van der Waals surface area contributed by atoms with Gasteiger partial charge in [0, 0.05) is 28.4 Å². The van der Waals surface area contributed by atoms with E-state index in [1.54, 1.807) is 0 Å². The maximum Gasteiger partial charge on any atom is 0.0444 e. The zero-order valence-electron chi connectivity index (χ0n) is 12.0. The summed E-state index contributed by atoms with van der Waals surface area (Å²) in [6.45, 7) is 5.14. The van der Waals surface area contributed by atoms with Crippen molar-refractivity contribution < 1.29 is 0 Å². The zero-order chi connectivity index (χ0) is 14.5. The van der Waals surface area contributed by atoms with Crippen molar-refractivity contribution in [3.63, 3.8) is 0 Å². The fraction of sp³-hybridized carbons (Fsp3) is 0.294. The molecule has 0 amide bonds. The number of hydrogen-bond donors (Lipinski definition) is 1. The van der Waals surface area contributed by atoms with Crippen LogP contribution in [-0.4, -0.2) is 12.6 Å². The van der Waals surface area contributed by atoms with Gasteiger partial charge in [0.2, 0.25) is 0 Å². The number of anilines is 2. The molecule has 0 bridgehead atoms. The van der Waals surface area contributed by atoms with Gasteiger partial charge in [-0.2, -0.15) is 0 Å². The lowest BCUT2D eigenvalue weighted by molar-refractivity contribution is 0.736. The van der Waals surface area contributed by atoms with Crippen LogP contribution < -0.4 is 10.6 Å². The van der Waals surface area contributed by atoms with E-state index in [1.165, 1.54) is 16.9 Å². The van der Waals surface area contributed by atoms with Crippen molar-refractivity contribution in [1.29, 1.82) is 0 Å². The van der Waals surface area contributed by atoms with Crippen molar-refractivity contribution >= 4 is 27.3 Å². The van der Waals surface area contributed by atoms with Gasteiger partial charge in [-0.25, -0.2) is 0 Å². The minimum Gasteiger partial charge on any atom is -0.342 e. The summed E-state index contributed by atoms with van der Waals surface area (Å²) in [4.78, 5) is 2.32. The van der Waals surface area contributed by atoms with Crippen molar-refractivity contribution in [3.8, 4) is 0 Å². The van der Waals surface area contributed by atoms with E-state index in [1.807, 2.05) is 13.0 Å². The van der Waals surface area contributed by atoms with Crippen molar-refractivity contribution in [2.45, 2.75) is 26.3 Å². The summed E-state index contributed by atoms with van der Waals surface area (Å²) >= 11 is 3.55. The third kappa shape index (κ3) is 3.62. The number of rotatable bonds is 5. The molecule has 1 atom stereocenters. The van der Waals surface area contributed by atoms with Crippen LogP contribution in [0.15, 0.2) is 53.0 Å². The van der Waals surface area contributed by atoms with Gasteiger partial charge in [0.05, 0.1) is 0 Å². The van der Waals surface area contributed by atoms with Crippen molar-refractivity contribution in [1.82, 2.24) is 0 Å². The molecule has 2 nitrogen and oxygen atoms in total. The fourth-order valence-corrected chi connectivity index (χ4v) is 2.84. The average molecular weight is 333 g/mol. The summed E-state index contributed by atoms with van der Waals surface area (Å²) in [6.07, 6.45) is 0.873. The summed E-state index contributed by atoms with van der Waals surface area (Å²) in [5.41, 5.74) is 9.71. The van der Waals surface area contributed by atoms with Gasteiger partial charge >= 0.3 is 0 Å². The Balaban J connectivity index is 2.44. The van der Waals surface area contributed by atoms with E-state index in [9.17, 15) is 0 Å². The smallest absolute Gasteiger partial charge is 0.0444 e. The Labute approximate surface area is 129 Å². The third-order valence-corrected chi connectivity index (χ3v) is 3.75. The highest BCUT2D eigenvalue weighted by atomic mass is 79.9. The topological polar surface area (TPSA) is 29.3 Å². The first kappa shape index (κ1) is 15.1. The zero-order valence-corrected chi connectivity index (χ0v) is 13.6. The quantitative estimate of drug-likeness (QED) is 0.873. The Bertz CT molecular complexity index is 552. The third-order valence-electron chi connectivity index (χ3n) is 3.26. The SMILES string of the molecule is CCN(c1ccccc1)c1ccc(Br)cc1CC(C)N. The molecule has 2 aromatic carbocycles. The summed E-state index contributed by atoms with van der Waals surface area (Å²) in [7, 11) is 0. The summed E-state index contributed by atoms with van der Waals surface area (Å²) in [5, 5.41) is 0. The van der Waals surface area contributed by atoms with Crippen LogP contribution in [0.2, 0.25) is 0 Å². The normalized spacial score (nSPS) is 12.2. The van der Waals surface area contributed by atoms with Gasteiger partial charge in [-0.3, -0.25) is 0 Å². The molecule has 1 unspecified atom stereocenters. The summed E-state index contributed by atoms with van der Waals surface area (Å²) < 4.78 is 1.10. The molecule has 3 heteroatoms. The maximum atomic E-state index is 5.99. The average Bonchev–Trinajstić information content (AvgIpc) is 2.42. The number of nitrogens with zero attached hydrogens (tertiary/aromatic N) is 1. The van der Waals surface area contributed by atoms with Gasteiger partial charge in [0.25, 0.3) is 0 Å². The van der Waals surface area contributed by atoms with E-state index in [2.05, 4.69) is 70.2 Å². The van der Waals surface area contributed by atoms with Crippen LogP contribution in [0.3, 0.4) is 0 Å². The summed E-state index contributed by atoms with van der Waals surface area (Å²) in [6, 6.07) is 17.0. The van der Waals surface area contributed by atoms with E-state index in [-0.39, 0.29) is 6.04 Å². The minimum absolute atomic E-state index is 0.150. The van der Waals surface area contributed by atoms with Crippen molar-refractivity contribution in [2.75, 3.05) is 11.4 Å². The minimum atomic E-state index is 0.150. The Morgan fingerprint density at radius 1 is 1.15 bits per heavy atom. The van der Waals surface area contributed by atoms with E-state index >= 15 is 0 Å². The van der Waals surface area contributed by atoms with Gasteiger partial charge in [-0.15, -0.1) is 0 Å². The highest BCUT2D eigenvalue weighted by Gasteiger charge is 2.13. The summed E-state index contributed by atoms with van der Waals surface area (Å²) in [5.74, 6) is 0. The first-order chi connectivity index (χ1) is 9.61. The number of para-hydroxylation sites is 1. The molecular weight excluding hydrogens is 312 g/mol. The van der Waals surface area contributed by atoms with Crippen LogP contribution in [0.25, 0.3) is 0 Å². The number of nitrogens with two attached hydrogens (primary N) is 1. The van der Waals surface area contributed by atoms with E-state index in [0.717, 1.165) is 17.4 Å². The van der Waals surface area contributed by atoms with Crippen LogP contribution >= 0.6 is 15.9 Å². The predicted octanol–water partition coefficient (Wildman–Crippen LogP) is 4.50. The first-order valence-corrected chi connectivity index (χ1v) is 7.77. The van der Waals surface area contributed by atoms with Crippen LogP contribution in [0.5, 0.6) is 0 Å². The monoisotopic (exact) mass is 332 g/mol. The lowest BCUT2D eigenvalue weighted by Gasteiger charge is -2.26. The largest absolute Gasteiger partial charge is 0.342 e. The van der Waals surface area contributed by atoms with Crippen LogP contribution in [0.1, 0.15) is 19.4 Å². The number of hydrogen-bond acceptors (Lipinski definition) is 2. The van der Waals surface area contributed by atoms with Crippen molar-refractivity contribution in [2.24, 2.45) is 5.73 Å². The molecule has 0 spiro atoms. The maximum absolute atomic E-state index is 5.99. The molecular formula is C17H21BrN2. The molecule has 0 aromatic heterocycles. The van der Waals surface area contributed by atoms with Crippen LogP contribution in [0, 0.1) is 0 Å². The molecule has 0 fully saturated rings. The molecule has 106 valence electrons. The van der Waals surface area contributed by atoms with Crippen molar-refractivity contribution in [3.05, 3.63) is 58.6 Å². The molecule has 2 N–H and O–H groups in total. The molecule has 0 radical (unpaired) electrons. The molecule has 0 aliphatic rings. The van der Waals surface area contributed by atoms with Gasteiger partial charge < -0.3 is 10.6 Å². The fourth-order valence-electron chi connectivity index (χ4n) is 2.43. The Morgan fingerprint density at radius 3 is 2.45 bits per heavy atom. The molecule has 0 heterocycles. The van der Waals surface area contributed by atoms with Crippen LogP contribution in [-0.2, 0) is 6.42 Å². The standard InChI is InChI=1S/C17H21BrN2/c1-3-20(16-7-5-4-6-8-16)17-10-9-15(18)12-14(17)11-13(2)19/h4-10,12-13H,3,11,19H2,1-2H3. The molecule has 2 aromatic rings. The molecule has 0 aliphatic heterocycles. The van der Waals surface area contributed by atoms with Gasteiger partial charge in [0.1, 0.15) is 0 Å². The van der Waals surface area contributed by atoms with Gasteiger partial charge in [0.15, 0.2) is 0 Å². The lowest BCUT2D eigenvalue weighted by Crippen LogP contribution is -2.22. The Morgan fingerprint density at radius 2 is 1.85 bits per heavy atom. The predicted molar refractivity (Wildman–Crippen MR) is 90.6 cm³/mol. The lowest BCUT2D eigenvalue weighted by atomic mass is 10.0. The molecule has 0 saturated carbocycles. The molecule has 0 aliphatic carbocycles. The van der Waals surface area contributed by atoms with Crippen LogP contribution in [0.4, 0.5) is 11.4 Å². The Kier molecular flexibility index (Phi) is 5.21. The number of benzene rings is 2. The van der Waals surface area contributed by atoms with E-state index < -0.39 is 0 Å². The van der Waals surface area contributed by atoms with Gasteiger partial charge in [-0.05, 0) is 56.2 Å². The second-order valence-electron chi connectivity index (χ2n) is 5.03. The van der Waals surface area contributed by atoms with E-state index in [0.29, 0.717) is 0 Å². The molecule has 20 heavy (non-hydrogen) atoms. The molecule has 0 saturated heterocycles. The highest BCUT2D eigenvalue weighted by Crippen LogP contribution is 2.31. The van der Waals surface area contributed by atoms with Gasteiger partial charge in [-0.1, -0.05) is 34.1 Å². The number of halogens is 1. The van der Waals surface area contributed by atoms with E-state index in [4.69, 9.17) is 5.73 Å². The first-order valence-electron chi connectivity index (χ1n) is 6.98. The highest BCUT2D eigenvalue weighted by molar-refractivity contribution is 9.10. The Hall–Kier alpha value is -1.32. The molecule has 2 rings (SSSR count). The second-order valence-corrected chi connectivity index (χ2v) is 5.95.